The lowest BCUT2D eigenvalue weighted by Crippen LogP contribution is -2.42. The van der Waals surface area contributed by atoms with Crippen LogP contribution in [0.5, 0.6) is 0 Å². The zero-order valence-electron chi connectivity index (χ0n) is 25.1. The molecule has 1 N–H and O–H groups in total. The Morgan fingerprint density at radius 1 is 0.932 bits per heavy atom. The molecule has 1 unspecified atom stereocenters. The van der Waals surface area contributed by atoms with Crippen molar-refractivity contribution in [3.8, 4) is 0 Å². The van der Waals surface area contributed by atoms with Crippen molar-refractivity contribution in [1.82, 2.24) is 14.9 Å². The topological polar surface area (TPSA) is 87.7 Å². The van der Waals surface area contributed by atoms with Gasteiger partial charge in [0, 0.05) is 42.4 Å². The van der Waals surface area contributed by atoms with Crippen LogP contribution in [0.4, 0.5) is 15.8 Å². The molecule has 2 amide bonds. The predicted octanol–water partition coefficient (Wildman–Crippen LogP) is 5.88. The fraction of sp³-hybridized carbons (Fsp3) is 0.294. The Morgan fingerprint density at radius 3 is 2.20 bits per heavy atom. The van der Waals surface area contributed by atoms with E-state index in [0.717, 1.165) is 41.3 Å². The molecule has 0 saturated carbocycles. The molecule has 1 saturated heterocycles. The highest BCUT2D eigenvalue weighted by Crippen LogP contribution is 2.28. The molecule has 1 atom stereocenters. The second-order valence-electron chi connectivity index (χ2n) is 10.8. The second-order valence-corrected chi connectivity index (χ2v) is 11.8. The fourth-order valence-corrected chi connectivity index (χ4v) is 5.92. The van der Waals surface area contributed by atoms with Gasteiger partial charge < -0.3 is 19.9 Å². The first-order chi connectivity index (χ1) is 21.2. The van der Waals surface area contributed by atoms with E-state index in [-0.39, 0.29) is 18.2 Å². The number of carbonyl (C=O) groups is 2. The summed E-state index contributed by atoms with van der Waals surface area (Å²) in [6.07, 6.45) is 0. The first-order valence-corrected chi connectivity index (χ1v) is 15.5. The third-order valence-corrected chi connectivity index (χ3v) is 8.17. The number of amides is 2. The van der Waals surface area contributed by atoms with Crippen molar-refractivity contribution in [2.75, 3.05) is 42.3 Å². The van der Waals surface area contributed by atoms with Crippen molar-refractivity contribution < 1.29 is 18.7 Å². The summed E-state index contributed by atoms with van der Waals surface area (Å²) in [4.78, 5) is 40.8. The van der Waals surface area contributed by atoms with Gasteiger partial charge >= 0.3 is 0 Å². The van der Waals surface area contributed by atoms with Crippen LogP contribution in [0.15, 0.2) is 84.0 Å². The van der Waals surface area contributed by atoms with Crippen LogP contribution in [-0.4, -0.2) is 58.7 Å². The SMILES string of the molecule is Cc1ccc(CN(C(=O)CSc2nc(C)cc(C)n2)C(C(=O)Nc2ccc(N3CCOCC3)cc2)c2ccc(F)cc2)cc1. The molecule has 0 spiro atoms. The molecular formula is C34H36FN5O3S. The van der Waals surface area contributed by atoms with E-state index in [9.17, 15) is 14.0 Å². The average molecular weight is 614 g/mol. The molecule has 1 aromatic heterocycles. The summed E-state index contributed by atoms with van der Waals surface area (Å²) in [6.45, 7) is 8.90. The fourth-order valence-electron chi connectivity index (χ4n) is 5.09. The van der Waals surface area contributed by atoms with Crippen molar-refractivity contribution in [2.24, 2.45) is 0 Å². The van der Waals surface area contributed by atoms with Crippen LogP contribution in [0, 0.1) is 26.6 Å². The molecule has 4 aromatic rings. The van der Waals surface area contributed by atoms with E-state index in [1.807, 2.05) is 75.4 Å². The molecule has 10 heteroatoms. The third kappa shape index (κ3) is 8.21. The molecule has 0 aliphatic carbocycles. The van der Waals surface area contributed by atoms with Crippen molar-refractivity contribution in [3.05, 3.63) is 113 Å². The number of thioether (sulfide) groups is 1. The lowest BCUT2D eigenvalue weighted by atomic mass is 10.0. The Morgan fingerprint density at radius 2 is 1.57 bits per heavy atom. The zero-order chi connectivity index (χ0) is 31.1. The van der Waals surface area contributed by atoms with Crippen LogP contribution in [0.1, 0.15) is 34.1 Å². The number of aromatic nitrogens is 2. The maximum absolute atomic E-state index is 14.1. The zero-order valence-corrected chi connectivity index (χ0v) is 25.9. The van der Waals surface area contributed by atoms with Gasteiger partial charge in [-0.1, -0.05) is 53.7 Å². The molecule has 0 bridgehead atoms. The standard InChI is InChI=1S/C34H36FN5O3S/c1-23-4-6-26(7-5-23)21-40(31(41)22-44-34-36-24(2)20-25(3)37-34)32(27-8-10-28(35)11-9-27)33(42)38-29-12-14-30(15-13-29)39-16-18-43-19-17-39/h4-15,20,32H,16-19,21-22H2,1-3H3,(H,38,42). The number of halogens is 1. The van der Waals surface area contributed by atoms with E-state index in [4.69, 9.17) is 4.74 Å². The van der Waals surface area contributed by atoms with Crippen molar-refractivity contribution in [2.45, 2.75) is 38.5 Å². The maximum Gasteiger partial charge on any atom is 0.251 e. The lowest BCUT2D eigenvalue weighted by Gasteiger charge is -2.32. The second kappa shape index (κ2) is 14.5. The van der Waals surface area contributed by atoms with Gasteiger partial charge in [-0.05, 0) is 74.4 Å². The van der Waals surface area contributed by atoms with Gasteiger partial charge in [-0.15, -0.1) is 0 Å². The van der Waals surface area contributed by atoms with Crippen LogP contribution >= 0.6 is 11.8 Å². The molecule has 1 aliphatic heterocycles. The number of anilines is 2. The molecule has 3 aromatic carbocycles. The van der Waals surface area contributed by atoms with Crippen LogP contribution in [0.3, 0.4) is 0 Å². The summed E-state index contributed by atoms with van der Waals surface area (Å²) >= 11 is 1.23. The number of nitrogens with one attached hydrogen (secondary N) is 1. The minimum absolute atomic E-state index is 0.0218. The number of benzene rings is 3. The van der Waals surface area contributed by atoms with Gasteiger partial charge in [0.1, 0.15) is 11.9 Å². The highest BCUT2D eigenvalue weighted by molar-refractivity contribution is 7.99. The largest absolute Gasteiger partial charge is 0.378 e. The molecular weight excluding hydrogens is 577 g/mol. The Labute approximate surface area is 261 Å². The van der Waals surface area contributed by atoms with Crippen LogP contribution in [-0.2, 0) is 20.9 Å². The molecule has 8 nitrogen and oxygen atoms in total. The van der Waals surface area contributed by atoms with Crippen molar-refractivity contribution in [1.29, 1.82) is 0 Å². The Hall–Kier alpha value is -4.28. The maximum atomic E-state index is 14.1. The Balaban J connectivity index is 1.44. The summed E-state index contributed by atoms with van der Waals surface area (Å²) in [6, 6.07) is 22.0. The molecule has 228 valence electrons. The number of morpholine rings is 1. The van der Waals surface area contributed by atoms with Gasteiger partial charge in [0.05, 0.1) is 19.0 Å². The molecule has 44 heavy (non-hydrogen) atoms. The minimum Gasteiger partial charge on any atom is -0.378 e. The first-order valence-electron chi connectivity index (χ1n) is 14.5. The van der Waals surface area contributed by atoms with Gasteiger partial charge in [-0.25, -0.2) is 14.4 Å². The lowest BCUT2D eigenvalue weighted by molar-refractivity contribution is -0.137. The predicted molar refractivity (Wildman–Crippen MR) is 171 cm³/mol. The normalized spacial score (nSPS) is 13.8. The van der Waals surface area contributed by atoms with Gasteiger partial charge in [0.25, 0.3) is 5.91 Å². The highest BCUT2D eigenvalue weighted by atomic mass is 32.2. The summed E-state index contributed by atoms with van der Waals surface area (Å²) in [5.74, 6) is -1.08. The molecule has 1 fully saturated rings. The van der Waals surface area contributed by atoms with E-state index < -0.39 is 17.8 Å². The molecule has 5 rings (SSSR count). The Bertz CT molecular complexity index is 1560. The quantitative estimate of drug-likeness (QED) is 0.177. The monoisotopic (exact) mass is 613 g/mol. The molecule has 2 heterocycles. The number of carbonyl (C=O) groups excluding carboxylic acids is 2. The van der Waals surface area contributed by atoms with E-state index in [2.05, 4.69) is 20.2 Å². The summed E-state index contributed by atoms with van der Waals surface area (Å²) < 4.78 is 19.5. The third-order valence-electron chi connectivity index (χ3n) is 7.34. The van der Waals surface area contributed by atoms with E-state index in [0.29, 0.717) is 29.6 Å². The van der Waals surface area contributed by atoms with Gasteiger partial charge in [0.2, 0.25) is 5.91 Å². The Kier molecular flexibility index (Phi) is 10.2. The van der Waals surface area contributed by atoms with Crippen LogP contribution in [0.25, 0.3) is 0 Å². The van der Waals surface area contributed by atoms with E-state index in [1.165, 1.54) is 23.9 Å². The first kappa shape index (κ1) is 31.2. The number of hydrogen-bond acceptors (Lipinski definition) is 7. The summed E-state index contributed by atoms with van der Waals surface area (Å²) in [5.41, 5.74) is 5.72. The van der Waals surface area contributed by atoms with Crippen LogP contribution in [0.2, 0.25) is 0 Å². The number of ether oxygens (including phenoxy) is 1. The minimum atomic E-state index is -1.02. The van der Waals surface area contributed by atoms with Gasteiger partial charge in [-0.3, -0.25) is 9.59 Å². The van der Waals surface area contributed by atoms with Crippen LogP contribution < -0.4 is 10.2 Å². The highest BCUT2D eigenvalue weighted by Gasteiger charge is 2.32. The number of hydrogen-bond donors (Lipinski definition) is 1. The van der Waals surface area contributed by atoms with Gasteiger partial charge in [-0.2, -0.15) is 0 Å². The summed E-state index contributed by atoms with van der Waals surface area (Å²) in [5, 5.41) is 3.50. The summed E-state index contributed by atoms with van der Waals surface area (Å²) in [7, 11) is 0. The van der Waals surface area contributed by atoms with Crippen molar-refractivity contribution >= 4 is 35.0 Å². The molecule has 1 aliphatic rings. The number of nitrogens with zero attached hydrogens (tertiary/aromatic N) is 4. The smallest absolute Gasteiger partial charge is 0.251 e. The molecule has 0 radical (unpaired) electrons. The number of aryl methyl sites for hydroxylation is 3. The van der Waals surface area contributed by atoms with E-state index >= 15 is 0 Å². The number of rotatable bonds is 10. The van der Waals surface area contributed by atoms with E-state index in [1.54, 1.807) is 17.0 Å². The van der Waals surface area contributed by atoms with Crippen molar-refractivity contribution in [3.63, 3.8) is 0 Å². The van der Waals surface area contributed by atoms with Gasteiger partial charge in [0.15, 0.2) is 5.16 Å². The average Bonchev–Trinajstić information content (AvgIpc) is 3.02.